The van der Waals surface area contributed by atoms with Crippen LogP contribution in [0.4, 0.5) is 0 Å². The van der Waals surface area contributed by atoms with Crippen molar-refractivity contribution in [2.75, 3.05) is 0 Å². The minimum Gasteiger partial charge on any atom is -0.508 e. The summed E-state index contributed by atoms with van der Waals surface area (Å²) in [7, 11) is 0. The highest BCUT2D eigenvalue weighted by molar-refractivity contribution is 5.96. The Morgan fingerprint density at radius 1 is 0.683 bits per heavy atom. The molecule has 220 valence electrons. The Kier molecular flexibility index (Phi) is 12.2. The third-order valence-corrected chi connectivity index (χ3v) is 5.98. The van der Waals surface area contributed by atoms with Crippen molar-refractivity contribution in [3.05, 3.63) is 65.7 Å². The molecule has 0 aliphatic rings. The van der Waals surface area contributed by atoms with E-state index in [1.54, 1.807) is 30.3 Å². The SMILES string of the molecule is NC(=O)CCC(N)C(=O)NC(Cc1ccc(O)cc1)C(=O)NC(CC(N)=O)C(=O)NC(Cc1ccccc1)C(=O)O. The second-order valence-corrected chi connectivity index (χ2v) is 9.36. The fourth-order valence-corrected chi connectivity index (χ4v) is 3.79. The molecule has 5 amide bonds. The number of carbonyl (C=O) groups excluding carboxylic acids is 5. The molecular weight excluding hydrogens is 536 g/mol. The van der Waals surface area contributed by atoms with Gasteiger partial charge in [0.1, 0.15) is 23.9 Å². The molecule has 14 heteroatoms. The summed E-state index contributed by atoms with van der Waals surface area (Å²) in [5.41, 5.74) is 17.3. The van der Waals surface area contributed by atoms with Crippen molar-refractivity contribution >= 4 is 35.5 Å². The molecule has 0 fully saturated rings. The van der Waals surface area contributed by atoms with Crippen LogP contribution in [0.15, 0.2) is 54.6 Å². The normalized spacial score (nSPS) is 13.6. The Morgan fingerprint density at radius 3 is 1.76 bits per heavy atom. The maximum absolute atomic E-state index is 13.3. The summed E-state index contributed by atoms with van der Waals surface area (Å²) in [5, 5.41) is 26.3. The number of amides is 5. The zero-order valence-corrected chi connectivity index (χ0v) is 22.1. The van der Waals surface area contributed by atoms with Crippen LogP contribution in [-0.2, 0) is 41.6 Å². The second-order valence-electron chi connectivity index (χ2n) is 9.36. The Bertz CT molecular complexity index is 1240. The number of nitrogens with two attached hydrogens (primary N) is 3. The lowest BCUT2D eigenvalue weighted by Crippen LogP contribution is -2.58. The first kappa shape index (κ1) is 32.2. The molecule has 0 aliphatic heterocycles. The minimum absolute atomic E-state index is 0.0334. The van der Waals surface area contributed by atoms with E-state index in [0.29, 0.717) is 11.1 Å². The molecule has 14 nitrogen and oxygen atoms in total. The summed E-state index contributed by atoms with van der Waals surface area (Å²) >= 11 is 0. The monoisotopic (exact) mass is 570 g/mol. The van der Waals surface area contributed by atoms with E-state index in [0.717, 1.165) is 0 Å². The van der Waals surface area contributed by atoms with Crippen LogP contribution in [0.2, 0.25) is 0 Å². The van der Waals surface area contributed by atoms with Crippen molar-refractivity contribution in [3.8, 4) is 5.75 Å². The van der Waals surface area contributed by atoms with Crippen molar-refractivity contribution in [1.29, 1.82) is 0 Å². The smallest absolute Gasteiger partial charge is 0.326 e. The number of carboxylic acids is 1. The van der Waals surface area contributed by atoms with Gasteiger partial charge in [0.2, 0.25) is 29.5 Å². The van der Waals surface area contributed by atoms with Crippen LogP contribution in [0.25, 0.3) is 0 Å². The molecule has 0 radical (unpaired) electrons. The average molecular weight is 571 g/mol. The van der Waals surface area contributed by atoms with Crippen molar-refractivity contribution in [1.82, 2.24) is 16.0 Å². The molecule has 0 bridgehead atoms. The second kappa shape index (κ2) is 15.6. The van der Waals surface area contributed by atoms with Gasteiger partial charge in [-0.3, -0.25) is 24.0 Å². The number of hydrogen-bond donors (Lipinski definition) is 8. The van der Waals surface area contributed by atoms with E-state index in [4.69, 9.17) is 17.2 Å². The van der Waals surface area contributed by atoms with Crippen molar-refractivity contribution in [3.63, 3.8) is 0 Å². The largest absolute Gasteiger partial charge is 0.508 e. The van der Waals surface area contributed by atoms with E-state index in [1.165, 1.54) is 24.3 Å². The third-order valence-electron chi connectivity index (χ3n) is 5.98. The number of benzene rings is 2. The van der Waals surface area contributed by atoms with E-state index in [-0.39, 0.29) is 31.4 Å². The molecule has 2 aromatic carbocycles. The molecule has 0 aliphatic carbocycles. The molecule has 41 heavy (non-hydrogen) atoms. The zero-order valence-electron chi connectivity index (χ0n) is 22.1. The predicted molar refractivity (Wildman–Crippen MR) is 146 cm³/mol. The fraction of sp³-hybridized carbons (Fsp3) is 0.333. The average Bonchev–Trinajstić information content (AvgIpc) is 2.91. The quantitative estimate of drug-likeness (QED) is 0.113. The number of aromatic hydroxyl groups is 1. The molecule has 0 saturated heterocycles. The summed E-state index contributed by atoms with van der Waals surface area (Å²) in [6.45, 7) is 0. The fourth-order valence-electron chi connectivity index (χ4n) is 3.79. The van der Waals surface area contributed by atoms with Gasteiger partial charge in [-0.25, -0.2) is 4.79 Å². The number of aliphatic carboxylic acids is 1. The topological polar surface area (TPSA) is 257 Å². The van der Waals surface area contributed by atoms with E-state index in [9.17, 15) is 39.0 Å². The van der Waals surface area contributed by atoms with Gasteiger partial charge in [0.15, 0.2) is 0 Å². The van der Waals surface area contributed by atoms with Gasteiger partial charge in [-0.05, 0) is 29.7 Å². The van der Waals surface area contributed by atoms with Gasteiger partial charge in [-0.15, -0.1) is 0 Å². The summed E-state index contributed by atoms with van der Waals surface area (Å²) in [4.78, 5) is 73.6. The third kappa shape index (κ3) is 11.3. The maximum Gasteiger partial charge on any atom is 0.326 e. The Hall–Kier alpha value is -4.98. The molecule has 2 aromatic rings. The number of rotatable bonds is 16. The molecule has 4 unspecified atom stereocenters. The molecule has 0 heterocycles. The standard InChI is InChI=1S/C27H34N6O8/c28-18(10-11-22(29)35)24(37)31-19(12-16-6-8-17(34)9-7-16)25(38)32-20(14-23(30)36)26(39)33-21(27(40)41)13-15-4-2-1-3-5-15/h1-9,18-21,34H,10-14,28H2,(H2,29,35)(H2,30,36)(H,31,37)(H,32,38)(H,33,39)(H,40,41). The van der Waals surface area contributed by atoms with E-state index in [2.05, 4.69) is 16.0 Å². The molecule has 0 aromatic heterocycles. The Balaban J connectivity index is 2.23. The van der Waals surface area contributed by atoms with Gasteiger partial charge < -0.3 is 43.4 Å². The lowest BCUT2D eigenvalue weighted by molar-refractivity contribution is -0.142. The Labute approximate surface area is 235 Å². The highest BCUT2D eigenvalue weighted by Gasteiger charge is 2.31. The summed E-state index contributed by atoms with van der Waals surface area (Å²) in [6, 6.07) is 8.79. The van der Waals surface area contributed by atoms with Crippen LogP contribution < -0.4 is 33.2 Å². The van der Waals surface area contributed by atoms with Crippen LogP contribution in [0, 0.1) is 0 Å². The number of carbonyl (C=O) groups is 6. The molecule has 0 spiro atoms. The van der Waals surface area contributed by atoms with Gasteiger partial charge in [0.05, 0.1) is 12.5 Å². The van der Waals surface area contributed by atoms with Crippen LogP contribution >= 0.6 is 0 Å². The van der Waals surface area contributed by atoms with Crippen LogP contribution in [0.5, 0.6) is 5.75 Å². The number of phenolic OH excluding ortho intramolecular Hbond substituents is 1. The molecule has 11 N–H and O–H groups in total. The van der Waals surface area contributed by atoms with Crippen molar-refractivity contribution < 1.29 is 39.0 Å². The van der Waals surface area contributed by atoms with E-state index < -0.39 is 66.1 Å². The minimum atomic E-state index is -1.57. The first-order valence-corrected chi connectivity index (χ1v) is 12.6. The summed E-state index contributed by atoms with van der Waals surface area (Å²) in [5.74, 6) is -5.65. The van der Waals surface area contributed by atoms with Crippen molar-refractivity contribution in [2.24, 2.45) is 17.2 Å². The molecule has 0 saturated carbocycles. The van der Waals surface area contributed by atoms with Gasteiger partial charge in [-0.2, -0.15) is 0 Å². The number of nitrogens with one attached hydrogen (secondary N) is 3. The van der Waals surface area contributed by atoms with Gasteiger partial charge in [0.25, 0.3) is 0 Å². The van der Waals surface area contributed by atoms with Crippen LogP contribution in [-0.4, -0.2) is 69.9 Å². The highest BCUT2D eigenvalue weighted by atomic mass is 16.4. The number of phenols is 1. The lowest BCUT2D eigenvalue weighted by atomic mass is 10.0. The first-order valence-electron chi connectivity index (χ1n) is 12.6. The van der Waals surface area contributed by atoms with E-state index >= 15 is 0 Å². The predicted octanol–water partition coefficient (Wildman–Crippen LogP) is -1.82. The number of carboxylic acid groups (broad SMARTS) is 1. The van der Waals surface area contributed by atoms with Gasteiger partial charge >= 0.3 is 5.97 Å². The van der Waals surface area contributed by atoms with Gasteiger partial charge in [0, 0.05) is 19.3 Å². The molecule has 2 rings (SSSR count). The number of hydrogen-bond acceptors (Lipinski definition) is 8. The summed E-state index contributed by atoms with van der Waals surface area (Å²) < 4.78 is 0. The van der Waals surface area contributed by atoms with Gasteiger partial charge in [-0.1, -0.05) is 42.5 Å². The Morgan fingerprint density at radius 2 is 1.20 bits per heavy atom. The number of primary amides is 2. The maximum atomic E-state index is 13.3. The van der Waals surface area contributed by atoms with Crippen LogP contribution in [0.3, 0.4) is 0 Å². The first-order chi connectivity index (χ1) is 19.3. The van der Waals surface area contributed by atoms with E-state index in [1.807, 2.05) is 0 Å². The lowest BCUT2D eigenvalue weighted by Gasteiger charge is -2.25. The van der Waals surface area contributed by atoms with Crippen molar-refractivity contribution in [2.45, 2.75) is 56.3 Å². The van der Waals surface area contributed by atoms with Crippen LogP contribution in [0.1, 0.15) is 30.4 Å². The molecular formula is C27H34N6O8. The highest BCUT2D eigenvalue weighted by Crippen LogP contribution is 2.12. The molecule has 4 atom stereocenters. The zero-order chi connectivity index (χ0) is 30.5. The summed E-state index contributed by atoms with van der Waals surface area (Å²) in [6.07, 6.45) is -1.09.